The molecule has 0 radical (unpaired) electrons. The van der Waals surface area contributed by atoms with Crippen LogP contribution in [0.2, 0.25) is 0 Å². The number of ether oxygens (including phenoxy) is 1. The summed E-state index contributed by atoms with van der Waals surface area (Å²) in [5, 5.41) is 0. The first kappa shape index (κ1) is 22.9. The second-order valence-electron chi connectivity index (χ2n) is 12.5. The van der Waals surface area contributed by atoms with Gasteiger partial charge in [0.05, 0.1) is 6.10 Å². The molecule has 0 spiro atoms. The van der Waals surface area contributed by atoms with Crippen LogP contribution in [0.15, 0.2) is 11.6 Å². The Morgan fingerprint density at radius 2 is 1.83 bits per heavy atom. The Kier molecular flexibility index (Phi) is 7.08. The van der Waals surface area contributed by atoms with Crippen molar-refractivity contribution in [3.63, 3.8) is 0 Å². The van der Waals surface area contributed by atoms with Crippen LogP contribution in [0.5, 0.6) is 0 Å². The van der Waals surface area contributed by atoms with Crippen LogP contribution in [-0.4, -0.2) is 12.7 Å². The number of rotatable bonds is 7. The molecule has 3 fully saturated rings. The smallest absolute Gasteiger partial charge is 0.0612 e. The predicted molar refractivity (Wildman–Crippen MR) is 128 cm³/mol. The highest BCUT2D eigenvalue weighted by molar-refractivity contribution is 5.25. The van der Waals surface area contributed by atoms with Crippen LogP contribution in [0.25, 0.3) is 0 Å². The average Bonchev–Trinajstić information content (AvgIpc) is 3.15. The molecule has 0 aromatic heterocycles. The average molecular weight is 415 g/mol. The zero-order valence-electron chi connectivity index (χ0n) is 21.0. The minimum atomic E-state index is 0.469. The molecule has 0 bridgehead atoms. The van der Waals surface area contributed by atoms with Crippen LogP contribution in [-0.2, 0) is 4.74 Å². The van der Waals surface area contributed by atoms with Crippen molar-refractivity contribution >= 4 is 0 Å². The molecule has 0 aromatic carbocycles. The molecule has 4 aliphatic carbocycles. The van der Waals surface area contributed by atoms with E-state index in [0.717, 1.165) is 54.0 Å². The van der Waals surface area contributed by atoms with Gasteiger partial charge in [0.25, 0.3) is 0 Å². The van der Waals surface area contributed by atoms with Crippen LogP contribution in [0.3, 0.4) is 0 Å². The minimum absolute atomic E-state index is 0.469. The lowest BCUT2D eigenvalue weighted by molar-refractivity contribution is -0.0396. The topological polar surface area (TPSA) is 9.23 Å². The molecule has 3 saturated carbocycles. The third-order valence-electron chi connectivity index (χ3n) is 10.4. The van der Waals surface area contributed by atoms with Crippen molar-refractivity contribution in [1.82, 2.24) is 0 Å². The summed E-state index contributed by atoms with van der Waals surface area (Å²) >= 11 is 0. The third kappa shape index (κ3) is 4.31. The summed E-state index contributed by atoms with van der Waals surface area (Å²) in [5.41, 5.74) is 2.24. The van der Waals surface area contributed by atoms with Gasteiger partial charge in [0.2, 0.25) is 0 Å². The van der Waals surface area contributed by atoms with Gasteiger partial charge in [-0.3, -0.25) is 0 Å². The van der Waals surface area contributed by atoms with Crippen molar-refractivity contribution in [2.45, 2.75) is 112 Å². The summed E-state index contributed by atoms with van der Waals surface area (Å²) in [4.78, 5) is 0. The summed E-state index contributed by atoms with van der Waals surface area (Å²) < 4.78 is 6.05. The molecule has 0 amide bonds. The van der Waals surface area contributed by atoms with E-state index in [2.05, 4.69) is 47.6 Å². The Hall–Kier alpha value is -0.300. The highest BCUT2D eigenvalue weighted by Gasteiger charge is 2.55. The van der Waals surface area contributed by atoms with Crippen molar-refractivity contribution in [2.75, 3.05) is 6.61 Å². The molecule has 0 aliphatic heterocycles. The van der Waals surface area contributed by atoms with Crippen molar-refractivity contribution in [2.24, 2.45) is 52.8 Å². The van der Waals surface area contributed by atoms with Gasteiger partial charge in [-0.05, 0) is 105 Å². The maximum absolute atomic E-state index is 6.05. The number of fused-ring (bicyclic) bond motifs is 5. The normalized spacial score (nSPS) is 44.2. The first-order chi connectivity index (χ1) is 14.3. The van der Waals surface area contributed by atoms with Crippen LogP contribution < -0.4 is 0 Å². The van der Waals surface area contributed by atoms with Gasteiger partial charge >= 0.3 is 0 Å². The van der Waals surface area contributed by atoms with E-state index in [1.165, 1.54) is 57.8 Å². The van der Waals surface area contributed by atoms with Crippen LogP contribution >= 0.6 is 0 Å². The van der Waals surface area contributed by atoms with Crippen molar-refractivity contribution in [3.8, 4) is 0 Å². The van der Waals surface area contributed by atoms with Crippen LogP contribution in [0.1, 0.15) is 106 Å². The molecule has 1 heteroatoms. The minimum Gasteiger partial charge on any atom is -0.378 e. The Morgan fingerprint density at radius 1 is 1.07 bits per heavy atom. The highest BCUT2D eigenvalue weighted by Crippen LogP contribution is 2.63. The van der Waals surface area contributed by atoms with Gasteiger partial charge in [-0.2, -0.15) is 0 Å². The Balaban J connectivity index is 1.45. The summed E-state index contributed by atoms with van der Waals surface area (Å²) in [6.07, 6.45) is 17.3. The predicted octanol–water partition coefficient (Wildman–Crippen LogP) is 8.29. The van der Waals surface area contributed by atoms with E-state index in [-0.39, 0.29) is 0 Å². The standard InChI is InChI=1S/C29H50O/c1-7-30-24-13-14-29(6)23(18-24)11-12-25-27-17-22(20(4)10-8-9-19(2)3)16-26(27)21(5)15-28(25)29/h11,19-22,24-28H,7-10,12-18H2,1-6H3. The Bertz CT molecular complexity index is 605. The van der Waals surface area contributed by atoms with E-state index in [1.54, 1.807) is 12.0 Å². The SMILES string of the molecule is CCOC1CCC2(C)C(=CCC3C4CC(C(C)CCCC(C)C)CC4C(C)CC32)C1. The lowest BCUT2D eigenvalue weighted by atomic mass is 9.49. The van der Waals surface area contributed by atoms with Gasteiger partial charge in [-0.1, -0.05) is 65.5 Å². The molecule has 30 heavy (non-hydrogen) atoms. The number of hydrogen-bond donors (Lipinski definition) is 0. The number of allylic oxidation sites excluding steroid dienone is 1. The Labute approximate surface area is 187 Å². The third-order valence-corrected chi connectivity index (χ3v) is 10.4. The molecule has 4 aliphatic rings. The van der Waals surface area contributed by atoms with Gasteiger partial charge < -0.3 is 4.74 Å². The summed E-state index contributed by atoms with van der Waals surface area (Å²) in [6.45, 7) is 15.6. The molecule has 9 unspecified atom stereocenters. The Morgan fingerprint density at radius 3 is 2.57 bits per heavy atom. The first-order valence-electron chi connectivity index (χ1n) is 13.6. The molecule has 4 rings (SSSR count). The summed E-state index contributed by atoms with van der Waals surface area (Å²) in [7, 11) is 0. The first-order valence-corrected chi connectivity index (χ1v) is 13.6. The van der Waals surface area contributed by atoms with E-state index >= 15 is 0 Å². The van der Waals surface area contributed by atoms with Crippen molar-refractivity contribution < 1.29 is 4.74 Å². The highest BCUT2D eigenvalue weighted by atomic mass is 16.5. The molecule has 0 saturated heterocycles. The van der Waals surface area contributed by atoms with Crippen molar-refractivity contribution in [1.29, 1.82) is 0 Å². The van der Waals surface area contributed by atoms with Crippen LogP contribution in [0, 0.1) is 52.8 Å². The zero-order valence-corrected chi connectivity index (χ0v) is 21.0. The van der Waals surface area contributed by atoms with E-state index in [0.29, 0.717) is 11.5 Å². The molecular formula is C29H50O. The maximum atomic E-state index is 6.05. The second kappa shape index (κ2) is 9.29. The lowest BCUT2D eigenvalue weighted by Crippen LogP contribution is -2.49. The van der Waals surface area contributed by atoms with Crippen LogP contribution in [0.4, 0.5) is 0 Å². The van der Waals surface area contributed by atoms with Gasteiger partial charge in [0.15, 0.2) is 0 Å². The second-order valence-corrected chi connectivity index (χ2v) is 12.5. The fraction of sp³-hybridized carbons (Fsp3) is 0.931. The monoisotopic (exact) mass is 414 g/mol. The number of hydrogen-bond acceptors (Lipinski definition) is 1. The molecule has 1 nitrogen and oxygen atoms in total. The maximum Gasteiger partial charge on any atom is 0.0612 e. The molecule has 9 atom stereocenters. The summed E-state index contributed by atoms with van der Waals surface area (Å²) in [5.74, 6) is 7.67. The fourth-order valence-corrected chi connectivity index (χ4v) is 8.56. The van der Waals surface area contributed by atoms with Gasteiger partial charge in [-0.15, -0.1) is 0 Å². The lowest BCUT2D eigenvalue weighted by Gasteiger charge is -2.56. The molecule has 0 heterocycles. The zero-order chi connectivity index (χ0) is 21.5. The largest absolute Gasteiger partial charge is 0.378 e. The quantitative estimate of drug-likeness (QED) is 0.381. The van der Waals surface area contributed by atoms with Gasteiger partial charge in [-0.25, -0.2) is 0 Å². The van der Waals surface area contributed by atoms with Crippen molar-refractivity contribution in [3.05, 3.63) is 11.6 Å². The van der Waals surface area contributed by atoms with Gasteiger partial charge in [0, 0.05) is 6.61 Å². The van der Waals surface area contributed by atoms with E-state index < -0.39 is 0 Å². The van der Waals surface area contributed by atoms with Gasteiger partial charge in [0.1, 0.15) is 0 Å². The molecule has 0 N–H and O–H groups in total. The molecular weight excluding hydrogens is 364 g/mol. The fourth-order valence-electron chi connectivity index (χ4n) is 8.56. The molecule has 0 aromatic rings. The van der Waals surface area contributed by atoms with E-state index in [1.807, 2.05) is 0 Å². The molecule has 172 valence electrons. The summed E-state index contributed by atoms with van der Waals surface area (Å²) in [6, 6.07) is 0. The van der Waals surface area contributed by atoms with E-state index in [9.17, 15) is 0 Å². The van der Waals surface area contributed by atoms with E-state index in [4.69, 9.17) is 4.74 Å².